The lowest BCUT2D eigenvalue weighted by Gasteiger charge is -2.34. The molecule has 0 unspecified atom stereocenters. The minimum Gasteiger partial charge on any atom is -0.497 e. The van der Waals surface area contributed by atoms with Gasteiger partial charge in [0.1, 0.15) is 11.6 Å². The lowest BCUT2D eigenvalue weighted by Crippen LogP contribution is -2.56. The van der Waals surface area contributed by atoms with Gasteiger partial charge in [0, 0.05) is 37.8 Å². The van der Waals surface area contributed by atoms with Crippen LogP contribution >= 0.6 is 0 Å². The molecule has 1 fully saturated rings. The molecule has 1 aromatic carbocycles. The highest BCUT2D eigenvalue weighted by atomic mass is 19.1. The number of rotatable bonds is 7. The zero-order valence-electron chi connectivity index (χ0n) is 13.5. The summed E-state index contributed by atoms with van der Waals surface area (Å²) in [5.74, 6) is -0.572. The fourth-order valence-electron chi connectivity index (χ4n) is 2.62. The summed E-state index contributed by atoms with van der Waals surface area (Å²) in [6.07, 6.45) is -0.0381. The van der Waals surface area contributed by atoms with Crippen molar-refractivity contribution in [3.05, 3.63) is 29.6 Å². The van der Waals surface area contributed by atoms with Gasteiger partial charge in [-0.3, -0.25) is 14.5 Å². The van der Waals surface area contributed by atoms with Crippen molar-refractivity contribution in [3.63, 3.8) is 0 Å². The molecule has 2 amide bonds. The Morgan fingerprint density at radius 2 is 2.33 bits per heavy atom. The Morgan fingerprint density at radius 1 is 1.54 bits per heavy atom. The molecule has 0 saturated carbocycles. The van der Waals surface area contributed by atoms with E-state index in [1.54, 1.807) is 17.0 Å². The number of aliphatic hydroxyl groups excluding tert-OH is 1. The molecule has 1 heterocycles. The van der Waals surface area contributed by atoms with Gasteiger partial charge in [0.2, 0.25) is 11.8 Å². The lowest BCUT2D eigenvalue weighted by molar-refractivity contribution is -0.134. The van der Waals surface area contributed by atoms with E-state index in [-0.39, 0.29) is 37.9 Å². The molecule has 0 bridgehead atoms. The van der Waals surface area contributed by atoms with Crippen molar-refractivity contribution in [2.75, 3.05) is 33.4 Å². The third-order valence-corrected chi connectivity index (χ3v) is 3.89. The van der Waals surface area contributed by atoms with Crippen molar-refractivity contribution in [2.24, 2.45) is 0 Å². The van der Waals surface area contributed by atoms with E-state index >= 15 is 0 Å². The van der Waals surface area contributed by atoms with Crippen LogP contribution in [0.1, 0.15) is 12.0 Å². The Balaban J connectivity index is 2.07. The first-order valence-corrected chi connectivity index (χ1v) is 7.77. The van der Waals surface area contributed by atoms with E-state index in [9.17, 15) is 14.0 Å². The van der Waals surface area contributed by atoms with E-state index in [0.717, 1.165) is 0 Å². The number of nitrogens with one attached hydrogen (secondary N) is 2. The molecule has 1 atom stereocenters. The summed E-state index contributed by atoms with van der Waals surface area (Å²) < 4.78 is 19.1. The Bertz CT molecular complexity index is 597. The largest absolute Gasteiger partial charge is 0.497 e. The molecule has 1 saturated heterocycles. The van der Waals surface area contributed by atoms with E-state index < -0.39 is 11.9 Å². The number of aliphatic hydroxyl groups is 1. The van der Waals surface area contributed by atoms with Crippen molar-refractivity contribution in [2.45, 2.75) is 19.0 Å². The Kier molecular flexibility index (Phi) is 6.51. The van der Waals surface area contributed by atoms with E-state index in [1.807, 2.05) is 0 Å². The molecular formula is C16H22FN3O4. The van der Waals surface area contributed by atoms with E-state index in [1.165, 1.54) is 13.2 Å². The second kappa shape index (κ2) is 8.60. The van der Waals surface area contributed by atoms with Crippen molar-refractivity contribution in [1.82, 2.24) is 15.5 Å². The van der Waals surface area contributed by atoms with Crippen LogP contribution in [-0.4, -0.2) is 61.2 Å². The van der Waals surface area contributed by atoms with Gasteiger partial charge in [-0.2, -0.15) is 0 Å². The zero-order valence-corrected chi connectivity index (χ0v) is 13.5. The Labute approximate surface area is 139 Å². The fourth-order valence-corrected chi connectivity index (χ4v) is 2.62. The Hall–Kier alpha value is -2.19. The quantitative estimate of drug-likeness (QED) is 0.631. The second-order valence-electron chi connectivity index (χ2n) is 5.51. The highest BCUT2D eigenvalue weighted by Gasteiger charge is 2.31. The SMILES string of the molecule is COc1ccc(CN2CCNC(=O)[C@H]2CC(=O)NCCO)c(F)c1. The molecule has 132 valence electrons. The second-order valence-corrected chi connectivity index (χ2v) is 5.51. The predicted molar refractivity (Wildman–Crippen MR) is 84.9 cm³/mol. The number of methoxy groups -OCH3 is 1. The minimum absolute atomic E-state index is 0.0381. The zero-order chi connectivity index (χ0) is 17.5. The molecule has 24 heavy (non-hydrogen) atoms. The number of carbonyl (C=O) groups excluding carboxylic acids is 2. The topological polar surface area (TPSA) is 90.9 Å². The van der Waals surface area contributed by atoms with E-state index in [0.29, 0.717) is 24.4 Å². The van der Waals surface area contributed by atoms with Gasteiger partial charge in [0.15, 0.2) is 0 Å². The first kappa shape index (κ1) is 18.2. The van der Waals surface area contributed by atoms with Crippen LogP contribution < -0.4 is 15.4 Å². The monoisotopic (exact) mass is 339 g/mol. The predicted octanol–water partition coefficient (Wildman–Crippen LogP) is -0.367. The van der Waals surface area contributed by atoms with Crippen LogP contribution in [-0.2, 0) is 16.1 Å². The maximum Gasteiger partial charge on any atom is 0.237 e. The van der Waals surface area contributed by atoms with Gasteiger partial charge in [-0.25, -0.2) is 4.39 Å². The third kappa shape index (κ3) is 4.65. The molecular weight excluding hydrogens is 317 g/mol. The average molecular weight is 339 g/mol. The van der Waals surface area contributed by atoms with Gasteiger partial charge in [-0.05, 0) is 6.07 Å². The smallest absolute Gasteiger partial charge is 0.237 e. The molecule has 0 radical (unpaired) electrons. The highest BCUT2D eigenvalue weighted by Crippen LogP contribution is 2.20. The molecule has 8 heteroatoms. The highest BCUT2D eigenvalue weighted by molar-refractivity contribution is 5.88. The van der Waals surface area contributed by atoms with Crippen molar-refractivity contribution < 1.29 is 23.8 Å². The van der Waals surface area contributed by atoms with Crippen LogP contribution in [0.15, 0.2) is 18.2 Å². The molecule has 1 aromatic rings. The van der Waals surface area contributed by atoms with Crippen LogP contribution in [0.4, 0.5) is 4.39 Å². The maximum atomic E-state index is 14.1. The number of nitrogens with zero attached hydrogens (tertiary/aromatic N) is 1. The standard InChI is InChI=1S/C16H22FN3O4/c1-24-12-3-2-11(13(17)8-12)10-20-6-4-19-16(23)14(20)9-15(22)18-5-7-21/h2-3,8,14,21H,4-7,9-10H2,1H3,(H,18,22)(H,19,23)/t14-/m1/s1. The van der Waals surface area contributed by atoms with Gasteiger partial charge in [0.25, 0.3) is 0 Å². The Morgan fingerprint density at radius 3 is 3.00 bits per heavy atom. The molecule has 3 N–H and O–H groups in total. The van der Waals surface area contributed by atoms with E-state index in [2.05, 4.69) is 10.6 Å². The van der Waals surface area contributed by atoms with Crippen molar-refractivity contribution >= 4 is 11.8 Å². The molecule has 0 aromatic heterocycles. The number of halogens is 1. The van der Waals surface area contributed by atoms with Crippen LogP contribution in [0.3, 0.4) is 0 Å². The maximum absolute atomic E-state index is 14.1. The summed E-state index contributed by atoms with van der Waals surface area (Å²) in [6, 6.07) is 3.90. The number of benzene rings is 1. The average Bonchev–Trinajstić information content (AvgIpc) is 2.57. The van der Waals surface area contributed by atoms with Gasteiger partial charge in [-0.1, -0.05) is 6.07 Å². The normalized spacial score (nSPS) is 18.1. The summed E-state index contributed by atoms with van der Waals surface area (Å²) in [5, 5.41) is 14.0. The summed E-state index contributed by atoms with van der Waals surface area (Å²) in [5.41, 5.74) is 0.436. The van der Waals surface area contributed by atoms with Crippen LogP contribution in [0, 0.1) is 5.82 Å². The summed E-state index contributed by atoms with van der Waals surface area (Å²) >= 11 is 0. The van der Waals surface area contributed by atoms with Crippen molar-refractivity contribution in [1.29, 1.82) is 0 Å². The first-order chi connectivity index (χ1) is 11.5. The number of amides is 2. The minimum atomic E-state index is -0.668. The molecule has 0 spiro atoms. The van der Waals surface area contributed by atoms with Crippen LogP contribution in [0.25, 0.3) is 0 Å². The molecule has 0 aliphatic carbocycles. The van der Waals surface area contributed by atoms with Gasteiger partial charge in [-0.15, -0.1) is 0 Å². The molecule has 1 aliphatic rings. The van der Waals surface area contributed by atoms with Gasteiger partial charge < -0.3 is 20.5 Å². The number of hydrogen-bond acceptors (Lipinski definition) is 5. The number of hydrogen-bond donors (Lipinski definition) is 3. The lowest BCUT2D eigenvalue weighted by atomic mass is 10.1. The number of carbonyl (C=O) groups is 2. The molecule has 2 rings (SSSR count). The van der Waals surface area contributed by atoms with Gasteiger partial charge >= 0.3 is 0 Å². The summed E-state index contributed by atoms with van der Waals surface area (Å²) in [4.78, 5) is 25.7. The summed E-state index contributed by atoms with van der Waals surface area (Å²) in [7, 11) is 1.46. The first-order valence-electron chi connectivity index (χ1n) is 7.77. The fraction of sp³-hybridized carbons (Fsp3) is 0.500. The van der Waals surface area contributed by atoms with Crippen LogP contribution in [0.2, 0.25) is 0 Å². The van der Waals surface area contributed by atoms with E-state index in [4.69, 9.17) is 9.84 Å². The summed E-state index contributed by atoms with van der Waals surface area (Å²) in [6.45, 7) is 1.17. The molecule has 7 nitrogen and oxygen atoms in total. The third-order valence-electron chi connectivity index (χ3n) is 3.89. The van der Waals surface area contributed by atoms with Crippen LogP contribution in [0.5, 0.6) is 5.75 Å². The molecule has 1 aliphatic heterocycles. The number of piperazine rings is 1. The number of ether oxygens (including phenoxy) is 1. The van der Waals surface area contributed by atoms with Gasteiger partial charge in [0.05, 0.1) is 26.2 Å². The van der Waals surface area contributed by atoms with Crippen molar-refractivity contribution in [3.8, 4) is 5.75 Å².